The molecule has 0 radical (unpaired) electrons. The van der Waals surface area contributed by atoms with Crippen molar-refractivity contribution in [2.45, 2.75) is 50.7 Å². The van der Waals surface area contributed by atoms with E-state index in [4.69, 9.17) is 4.74 Å². The molecule has 0 N–H and O–H groups in total. The van der Waals surface area contributed by atoms with Crippen LogP contribution in [0.3, 0.4) is 0 Å². The van der Waals surface area contributed by atoms with E-state index in [1.165, 1.54) is 12.1 Å². The smallest absolute Gasteiger partial charge is 0.437 e. The SMILES string of the molecule is O=C(c1cnc2c(cnn2CC(F)(F)F)n1)N1CCCC2(CC(Oc3cccnc3C(F)(F)F)C2)C1. The average molecular weight is 514 g/mol. The maximum atomic E-state index is 13.2. The van der Waals surface area contributed by atoms with Gasteiger partial charge in [0.15, 0.2) is 17.1 Å². The lowest BCUT2D eigenvalue weighted by Gasteiger charge is -2.52. The summed E-state index contributed by atoms with van der Waals surface area (Å²) in [4.78, 5) is 26.2. The Balaban J connectivity index is 1.25. The van der Waals surface area contributed by atoms with Gasteiger partial charge in [0.05, 0.1) is 12.4 Å². The molecule has 5 rings (SSSR count). The second kappa shape index (κ2) is 8.59. The Bertz CT molecular complexity index is 1280. The second-order valence-electron chi connectivity index (χ2n) is 9.21. The molecule has 0 atom stereocenters. The lowest BCUT2D eigenvalue weighted by Crippen LogP contribution is -2.55. The Morgan fingerprint density at radius 1 is 1.14 bits per heavy atom. The number of piperidine rings is 1. The highest BCUT2D eigenvalue weighted by molar-refractivity contribution is 5.93. The van der Waals surface area contributed by atoms with E-state index < -0.39 is 36.6 Å². The van der Waals surface area contributed by atoms with Crippen molar-refractivity contribution < 1.29 is 35.9 Å². The van der Waals surface area contributed by atoms with Gasteiger partial charge in [-0.15, -0.1) is 0 Å². The summed E-state index contributed by atoms with van der Waals surface area (Å²) in [5.41, 5.74) is -1.37. The molecular formula is C22H20F6N6O2. The topological polar surface area (TPSA) is 86.0 Å². The molecule has 1 spiro atoms. The van der Waals surface area contributed by atoms with Crippen molar-refractivity contribution in [1.82, 2.24) is 29.6 Å². The van der Waals surface area contributed by atoms with E-state index in [0.29, 0.717) is 37.0 Å². The number of fused-ring (bicyclic) bond motifs is 1. The molecule has 1 saturated carbocycles. The maximum Gasteiger partial charge on any atom is 0.437 e. The number of pyridine rings is 1. The molecule has 0 bridgehead atoms. The molecule has 3 aromatic heterocycles. The highest BCUT2D eigenvalue weighted by atomic mass is 19.4. The molecule has 0 aromatic carbocycles. The second-order valence-corrected chi connectivity index (χ2v) is 9.21. The molecule has 14 heteroatoms. The fourth-order valence-corrected chi connectivity index (χ4v) is 4.99. The molecule has 0 unspecified atom stereocenters. The predicted molar refractivity (Wildman–Crippen MR) is 112 cm³/mol. The number of carbonyl (C=O) groups excluding carboxylic acids is 1. The van der Waals surface area contributed by atoms with Gasteiger partial charge in [0.25, 0.3) is 5.91 Å². The molecule has 1 aliphatic heterocycles. The Labute approximate surface area is 200 Å². The monoisotopic (exact) mass is 514 g/mol. The Kier molecular flexibility index (Phi) is 5.79. The molecule has 2 fully saturated rings. The lowest BCUT2D eigenvalue weighted by molar-refractivity contribution is -0.144. The molecule has 1 aliphatic carbocycles. The van der Waals surface area contributed by atoms with E-state index in [1.807, 2.05) is 0 Å². The largest absolute Gasteiger partial charge is 0.488 e. The summed E-state index contributed by atoms with van der Waals surface area (Å²) in [5, 5.41) is 3.66. The molecule has 4 heterocycles. The van der Waals surface area contributed by atoms with Crippen molar-refractivity contribution in [3.8, 4) is 5.75 Å². The molecule has 36 heavy (non-hydrogen) atoms. The standard InChI is InChI=1S/C22H20F6N6O2/c23-21(24,25)12-34-18-14(10-31-34)32-15(9-30-18)19(35)33-6-2-4-20(11-33)7-13(8-20)36-16-3-1-5-29-17(16)22(26,27)28/h1,3,5,9-10,13H,2,4,6-8,11-12H2. The first kappa shape index (κ1) is 24.3. The summed E-state index contributed by atoms with van der Waals surface area (Å²) in [6.45, 7) is -0.488. The molecule has 1 saturated heterocycles. The number of alkyl halides is 6. The van der Waals surface area contributed by atoms with E-state index in [-0.39, 0.29) is 28.0 Å². The Hall–Kier alpha value is -3.45. The van der Waals surface area contributed by atoms with E-state index in [0.717, 1.165) is 25.0 Å². The van der Waals surface area contributed by atoms with Gasteiger partial charge >= 0.3 is 12.4 Å². The summed E-state index contributed by atoms with van der Waals surface area (Å²) in [6.07, 6.45) is -3.76. The Morgan fingerprint density at radius 2 is 1.92 bits per heavy atom. The van der Waals surface area contributed by atoms with Crippen LogP contribution < -0.4 is 4.74 Å². The van der Waals surface area contributed by atoms with Gasteiger partial charge in [-0.2, -0.15) is 31.4 Å². The third kappa shape index (κ3) is 4.80. The summed E-state index contributed by atoms with van der Waals surface area (Å²) in [5.74, 6) is -0.730. The van der Waals surface area contributed by atoms with Gasteiger partial charge in [0, 0.05) is 19.3 Å². The van der Waals surface area contributed by atoms with Gasteiger partial charge in [-0.3, -0.25) is 4.79 Å². The number of amides is 1. The van der Waals surface area contributed by atoms with Gasteiger partial charge in [0.1, 0.15) is 23.9 Å². The van der Waals surface area contributed by atoms with Crippen LogP contribution in [0.5, 0.6) is 5.75 Å². The van der Waals surface area contributed by atoms with E-state index in [1.54, 1.807) is 4.90 Å². The summed E-state index contributed by atoms with van der Waals surface area (Å²) < 4.78 is 83.9. The van der Waals surface area contributed by atoms with Crippen molar-refractivity contribution in [3.05, 3.63) is 42.1 Å². The first-order chi connectivity index (χ1) is 16.9. The zero-order chi connectivity index (χ0) is 25.7. The number of hydrogen-bond acceptors (Lipinski definition) is 6. The minimum Gasteiger partial charge on any atom is -0.488 e. The van der Waals surface area contributed by atoms with Gasteiger partial charge < -0.3 is 9.64 Å². The first-order valence-electron chi connectivity index (χ1n) is 11.2. The van der Waals surface area contributed by atoms with Gasteiger partial charge in [0.2, 0.25) is 0 Å². The van der Waals surface area contributed by atoms with E-state index >= 15 is 0 Å². The van der Waals surface area contributed by atoms with Crippen LogP contribution in [-0.4, -0.2) is 60.9 Å². The number of nitrogens with zero attached hydrogens (tertiary/aromatic N) is 6. The summed E-state index contributed by atoms with van der Waals surface area (Å²) in [6, 6.07) is 2.62. The summed E-state index contributed by atoms with van der Waals surface area (Å²) in [7, 11) is 0. The predicted octanol–water partition coefficient (Wildman–Crippen LogP) is 4.27. The van der Waals surface area contributed by atoms with E-state index in [2.05, 4.69) is 20.1 Å². The Morgan fingerprint density at radius 3 is 2.64 bits per heavy atom. The number of carbonyl (C=O) groups is 1. The van der Waals surface area contributed by atoms with Crippen LogP contribution in [-0.2, 0) is 12.7 Å². The lowest BCUT2D eigenvalue weighted by atomic mass is 9.62. The van der Waals surface area contributed by atoms with Crippen LogP contribution in [0.2, 0.25) is 0 Å². The highest BCUT2D eigenvalue weighted by Gasteiger charge is 2.49. The third-order valence-electron chi connectivity index (χ3n) is 6.49. The van der Waals surface area contributed by atoms with Gasteiger partial charge in [-0.05, 0) is 43.2 Å². The van der Waals surface area contributed by atoms with Crippen LogP contribution >= 0.6 is 0 Å². The molecule has 8 nitrogen and oxygen atoms in total. The summed E-state index contributed by atoms with van der Waals surface area (Å²) >= 11 is 0. The molecule has 1 amide bonds. The first-order valence-corrected chi connectivity index (χ1v) is 11.2. The number of rotatable bonds is 4. The number of halogens is 6. The molecule has 2 aliphatic rings. The van der Waals surface area contributed by atoms with Gasteiger partial charge in [-0.25, -0.2) is 19.6 Å². The van der Waals surface area contributed by atoms with Crippen LogP contribution in [0.4, 0.5) is 26.3 Å². The minimum atomic E-state index is -4.63. The van der Waals surface area contributed by atoms with Crippen molar-refractivity contribution in [2.24, 2.45) is 5.41 Å². The fourth-order valence-electron chi connectivity index (χ4n) is 4.99. The van der Waals surface area contributed by atoms with Crippen LogP contribution in [0.1, 0.15) is 41.9 Å². The number of ether oxygens (including phenoxy) is 1. The van der Waals surface area contributed by atoms with Crippen molar-refractivity contribution in [3.63, 3.8) is 0 Å². The highest BCUT2D eigenvalue weighted by Crippen LogP contribution is 2.50. The minimum absolute atomic E-state index is 0.0107. The zero-order valence-corrected chi connectivity index (χ0v) is 18.7. The van der Waals surface area contributed by atoms with Crippen molar-refractivity contribution in [1.29, 1.82) is 0 Å². The van der Waals surface area contributed by atoms with E-state index in [9.17, 15) is 31.1 Å². The van der Waals surface area contributed by atoms with Gasteiger partial charge in [-0.1, -0.05) is 0 Å². The molecular weight excluding hydrogens is 494 g/mol. The number of hydrogen-bond donors (Lipinski definition) is 0. The van der Waals surface area contributed by atoms with Crippen LogP contribution in [0, 0.1) is 5.41 Å². The van der Waals surface area contributed by atoms with Crippen LogP contribution in [0.25, 0.3) is 11.2 Å². The quantitative estimate of drug-likeness (QED) is 0.484. The molecule has 192 valence electrons. The van der Waals surface area contributed by atoms with Crippen molar-refractivity contribution in [2.75, 3.05) is 13.1 Å². The third-order valence-corrected chi connectivity index (χ3v) is 6.49. The molecule has 3 aromatic rings. The zero-order valence-electron chi connectivity index (χ0n) is 18.7. The maximum absolute atomic E-state index is 13.2. The van der Waals surface area contributed by atoms with Crippen molar-refractivity contribution >= 4 is 17.1 Å². The normalized spacial score (nSPS) is 22.6. The number of aromatic nitrogens is 5. The fraction of sp³-hybridized carbons (Fsp3) is 0.500. The average Bonchev–Trinajstić information content (AvgIpc) is 3.18. The number of likely N-dealkylation sites (tertiary alicyclic amines) is 1. The van der Waals surface area contributed by atoms with Crippen LogP contribution in [0.15, 0.2) is 30.7 Å².